The summed E-state index contributed by atoms with van der Waals surface area (Å²) in [5.41, 5.74) is -0.622. The largest absolute Gasteiger partial charge is 0.416 e. The number of carbonyl (C=O) groups is 1. The Hall–Kier alpha value is -2.50. The van der Waals surface area contributed by atoms with Crippen molar-refractivity contribution in [2.45, 2.75) is 18.0 Å². The highest BCUT2D eigenvalue weighted by atomic mass is 32.2. The summed E-state index contributed by atoms with van der Waals surface area (Å²) >= 11 is 1.03. The second-order valence-electron chi connectivity index (χ2n) is 6.10. The molecule has 0 aliphatic heterocycles. The van der Waals surface area contributed by atoms with Gasteiger partial charge in [-0.25, -0.2) is 17.7 Å². The van der Waals surface area contributed by atoms with Crippen molar-refractivity contribution in [2.24, 2.45) is 0 Å². The van der Waals surface area contributed by atoms with Crippen molar-refractivity contribution >= 4 is 42.6 Å². The molecule has 11 heteroatoms. The number of fused-ring (bicyclic) bond motifs is 1. The van der Waals surface area contributed by atoms with Crippen LogP contribution in [0.3, 0.4) is 0 Å². The first kappa shape index (κ1) is 21.2. The Morgan fingerprint density at radius 3 is 2.59 bits per heavy atom. The molecule has 0 fully saturated rings. The number of halogens is 3. The van der Waals surface area contributed by atoms with Gasteiger partial charge in [0.1, 0.15) is 0 Å². The Morgan fingerprint density at radius 1 is 1.21 bits per heavy atom. The summed E-state index contributed by atoms with van der Waals surface area (Å²) in [4.78, 5) is 16.6. The van der Waals surface area contributed by atoms with E-state index in [1.807, 2.05) is 0 Å². The van der Waals surface area contributed by atoms with Gasteiger partial charge >= 0.3 is 6.18 Å². The minimum atomic E-state index is -4.56. The van der Waals surface area contributed by atoms with E-state index in [9.17, 15) is 26.4 Å². The zero-order valence-electron chi connectivity index (χ0n) is 15.3. The normalized spacial score (nSPS) is 12.5. The van der Waals surface area contributed by atoms with Crippen LogP contribution in [0.4, 0.5) is 18.3 Å². The zero-order chi connectivity index (χ0) is 21.4. The second-order valence-corrected chi connectivity index (χ2v) is 9.18. The minimum absolute atomic E-state index is 0.0914. The van der Waals surface area contributed by atoms with E-state index in [-0.39, 0.29) is 15.6 Å². The highest BCUT2D eigenvalue weighted by Crippen LogP contribution is 2.31. The Labute approximate surface area is 169 Å². The van der Waals surface area contributed by atoms with Gasteiger partial charge in [-0.3, -0.25) is 10.1 Å². The molecule has 1 aromatic heterocycles. The summed E-state index contributed by atoms with van der Waals surface area (Å²) in [7, 11) is -2.17. The molecule has 0 aliphatic carbocycles. The summed E-state index contributed by atoms with van der Waals surface area (Å²) in [5.74, 6) is -0.742. The maximum absolute atomic E-state index is 12.8. The molecular formula is C18H16F3N3O3S2. The van der Waals surface area contributed by atoms with Crippen LogP contribution in [0, 0.1) is 0 Å². The van der Waals surface area contributed by atoms with Crippen molar-refractivity contribution in [3.8, 4) is 0 Å². The first-order chi connectivity index (χ1) is 13.5. The Kier molecular flexibility index (Phi) is 5.65. The molecule has 3 rings (SSSR count). The zero-order valence-corrected chi connectivity index (χ0v) is 17.0. The van der Waals surface area contributed by atoms with Crippen molar-refractivity contribution in [1.29, 1.82) is 0 Å². The molecule has 1 heterocycles. The van der Waals surface area contributed by atoms with Gasteiger partial charge in [-0.1, -0.05) is 24.3 Å². The third-order valence-electron chi connectivity index (χ3n) is 4.19. The van der Waals surface area contributed by atoms with Gasteiger partial charge < -0.3 is 0 Å². The van der Waals surface area contributed by atoms with Gasteiger partial charge in [-0.05, 0) is 36.4 Å². The summed E-state index contributed by atoms with van der Waals surface area (Å²) in [6.07, 6.45) is -4.56. The average Bonchev–Trinajstić information content (AvgIpc) is 3.08. The van der Waals surface area contributed by atoms with Crippen LogP contribution in [0.1, 0.15) is 22.8 Å². The first-order valence-electron chi connectivity index (χ1n) is 8.38. The van der Waals surface area contributed by atoms with Crippen LogP contribution in [0.2, 0.25) is 0 Å². The Morgan fingerprint density at radius 2 is 1.93 bits per heavy atom. The van der Waals surface area contributed by atoms with Gasteiger partial charge in [0.25, 0.3) is 5.91 Å². The molecule has 2 aromatic carbocycles. The van der Waals surface area contributed by atoms with Crippen molar-refractivity contribution in [2.75, 3.05) is 18.9 Å². The molecule has 1 N–H and O–H groups in total. The van der Waals surface area contributed by atoms with Crippen molar-refractivity contribution in [1.82, 2.24) is 9.29 Å². The average molecular weight is 443 g/mol. The van der Waals surface area contributed by atoms with E-state index in [1.54, 1.807) is 6.92 Å². The van der Waals surface area contributed by atoms with Crippen LogP contribution < -0.4 is 5.32 Å². The molecule has 1 amide bonds. The fourth-order valence-corrected chi connectivity index (χ4v) is 4.66. The standard InChI is InChI=1S/C18H16F3N3O3S2/c1-3-24(2)29(26,27)13-7-8-14-15(10-13)28-17(22-14)23-16(25)11-5-4-6-12(9-11)18(19,20)21/h4-10H,3H2,1-2H3,(H,22,23,25). The monoisotopic (exact) mass is 443 g/mol. The highest BCUT2D eigenvalue weighted by molar-refractivity contribution is 7.89. The topological polar surface area (TPSA) is 79.4 Å². The van der Waals surface area contributed by atoms with Gasteiger partial charge in [0.15, 0.2) is 5.13 Å². The molecule has 0 aliphatic rings. The maximum atomic E-state index is 12.8. The number of rotatable bonds is 5. The minimum Gasteiger partial charge on any atom is -0.298 e. The molecule has 6 nitrogen and oxygen atoms in total. The van der Waals surface area contributed by atoms with Crippen molar-refractivity contribution in [3.05, 3.63) is 53.6 Å². The SMILES string of the molecule is CCN(C)S(=O)(=O)c1ccc2nc(NC(=O)c3cccc(C(F)(F)F)c3)sc2c1. The first-order valence-corrected chi connectivity index (χ1v) is 10.6. The van der Waals surface area contributed by atoms with E-state index >= 15 is 0 Å². The number of hydrogen-bond donors (Lipinski definition) is 1. The van der Waals surface area contributed by atoms with Gasteiger partial charge in [-0.2, -0.15) is 13.2 Å². The van der Waals surface area contributed by atoms with E-state index in [1.165, 1.54) is 35.6 Å². The Balaban J connectivity index is 1.87. The van der Waals surface area contributed by atoms with Crippen LogP contribution in [0.15, 0.2) is 47.4 Å². The summed E-state index contributed by atoms with van der Waals surface area (Å²) < 4.78 is 65.1. The molecule has 0 unspecified atom stereocenters. The number of amides is 1. The molecule has 0 bridgehead atoms. The quantitative estimate of drug-likeness (QED) is 0.641. The molecule has 0 atom stereocenters. The number of hydrogen-bond acceptors (Lipinski definition) is 5. The molecule has 29 heavy (non-hydrogen) atoms. The fraction of sp³-hybridized carbons (Fsp3) is 0.222. The van der Waals surface area contributed by atoms with Crippen molar-refractivity contribution < 1.29 is 26.4 Å². The summed E-state index contributed by atoms with van der Waals surface area (Å²) in [6, 6.07) is 8.44. The molecular weight excluding hydrogens is 427 g/mol. The van der Waals surface area contributed by atoms with E-state index in [0.717, 1.165) is 29.5 Å². The lowest BCUT2D eigenvalue weighted by atomic mass is 10.1. The lowest BCUT2D eigenvalue weighted by Crippen LogP contribution is -2.26. The summed E-state index contributed by atoms with van der Waals surface area (Å²) in [6.45, 7) is 2.02. The molecule has 0 radical (unpaired) electrons. The summed E-state index contributed by atoms with van der Waals surface area (Å²) in [5, 5.41) is 2.61. The Bertz CT molecular complexity index is 1170. The number of sulfonamides is 1. The number of thiazole rings is 1. The molecule has 0 saturated carbocycles. The fourth-order valence-electron chi connectivity index (χ4n) is 2.47. The van der Waals surface area contributed by atoms with E-state index < -0.39 is 27.7 Å². The van der Waals surface area contributed by atoms with Crippen LogP contribution in [0.5, 0.6) is 0 Å². The third-order valence-corrected chi connectivity index (χ3v) is 7.05. The second kappa shape index (κ2) is 7.73. The predicted molar refractivity (Wildman–Crippen MR) is 105 cm³/mol. The number of nitrogens with zero attached hydrogens (tertiary/aromatic N) is 2. The number of nitrogens with one attached hydrogen (secondary N) is 1. The predicted octanol–water partition coefficient (Wildman–Crippen LogP) is 4.21. The van der Waals surface area contributed by atoms with Gasteiger partial charge in [-0.15, -0.1) is 0 Å². The lowest BCUT2D eigenvalue weighted by Gasteiger charge is -2.14. The van der Waals surface area contributed by atoms with Crippen LogP contribution in [-0.2, 0) is 16.2 Å². The van der Waals surface area contributed by atoms with Crippen molar-refractivity contribution in [3.63, 3.8) is 0 Å². The van der Waals surface area contributed by atoms with Crippen LogP contribution >= 0.6 is 11.3 Å². The number of benzene rings is 2. The van der Waals surface area contributed by atoms with Gasteiger partial charge in [0.05, 0.1) is 20.7 Å². The molecule has 3 aromatic rings. The van der Waals surface area contributed by atoms with E-state index in [4.69, 9.17) is 0 Å². The number of carbonyl (C=O) groups excluding carboxylic acids is 1. The molecule has 0 spiro atoms. The highest BCUT2D eigenvalue weighted by Gasteiger charge is 2.31. The number of aromatic nitrogens is 1. The van der Waals surface area contributed by atoms with Gasteiger partial charge in [0.2, 0.25) is 10.0 Å². The van der Waals surface area contributed by atoms with Gasteiger partial charge in [0, 0.05) is 19.2 Å². The van der Waals surface area contributed by atoms with Crippen LogP contribution in [-0.4, -0.2) is 37.2 Å². The number of alkyl halides is 3. The molecule has 154 valence electrons. The lowest BCUT2D eigenvalue weighted by molar-refractivity contribution is -0.137. The van der Waals surface area contributed by atoms with E-state index in [0.29, 0.717) is 16.8 Å². The third kappa shape index (κ3) is 4.41. The maximum Gasteiger partial charge on any atom is 0.416 e. The molecule has 0 saturated heterocycles. The van der Waals surface area contributed by atoms with E-state index in [2.05, 4.69) is 10.3 Å². The smallest absolute Gasteiger partial charge is 0.298 e. The van der Waals surface area contributed by atoms with Crippen LogP contribution in [0.25, 0.3) is 10.2 Å². The number of anilines is 1.